The summed E-state index contributed by atoms with van der Waals surface area (Å²) < 4.78 is 0. The highest BCUT2D eigenvalue weighted by molar-refractivity contribution is 6.12. The van der Waals surface area contributed by atoms with Crippen molar-refractivity contribution in [1.82, 2.24) is 4.98 Å². The summed E-state index contributed by atoms with van der Waals surface area (Å²) in [5, 5.41) is 5.66. The van der Waals surface area contributed by atoms with Crippen LogP contribution in [0.15, 0.2) is 23.4 Å². The van der Waals surface area contributed by atoms with Crippen LogP contribution in [-0.4, -0.2) is 16.6 Å². The molecular weight excluding hydrogens is 216 g/mol. The van der Waals surface area contributed by atoms with Gasteiger partial charge in [0.1, 0.15) is 0 Å². The zero-order chi connectivity index (χ0) is 12.4. The van der Waals surface area contributed by atoms with Crippen LogP contribution in [0.3, 0.4) is 0 Å². The van der Waals surface area contributed by atoms with Crippen LogP contribution in [0.4, 0.5) is 11.5 Å². The van der Waals surface area contributed by atoms with Crippen molar-refractivity contribution in [3.63, 3.8) is 0 Å². The molecule has 0 saturated heterocycles. The predicted octanol–water partition coefficient (Wildman–Crippen LogP) is 1.80. The molecule has 0 aliphatic carbocycles. The number of hydrogen-bond donors (Lipinski definition) is 1. The van der Waals surface area contributed by atoms with E-state index in [9.17, 15) is 4.79 Å². The van der Waals surface area contributed by atoms with Crippen LogP contribution < -0.4 is 10.7 Å². The molecule has 0 bridgehead atoms. The topological polar surface area (TPSA) is 71.6 Å². The second-order valence-corrected chi connectivity index (χ2v) is 4.60. The van der Waals surface area contributed by atoms with E-state index in [0.717, 1.165) is 12.1 Å². The number of aromatic nitrogens is 1. The van der Waals surface area contributed by atoms with Gasteiger partial charge in [-0.1, -0.05) is 13.8 Å². The lowest BCUT2D eigenvalue weighted by Gasteiger charge is -2.09. The van der Waals surface area contributed by atoms with Gasteiger partial charge in [0.15, 0.2) is 5.82 Å². The third-order valence-electron chi connectivity index (χ3n) is 2.46. The SMILES string of the molecule is CC(C)CC1=NN(c2ccc(N)cn2)C(=O)C1. The third-order valence-corrected chi connectivity index (χ3v) is 2.46. The van der Waals surface area contributed by atoms with Gasteiger partial charge in [0.05, 0.1) is 18.3 Å². The molecule has 0 spiro atoms. The Morgan fingerprint density at radius 3 is 2.82 bits per heavy atom. The van der Waals surface area contributed by atoms with Crippen molar-refractivity contribution in [3.8, 4) is 0 Å². The number of amides is 1. The molecule has 0 fully saturated rings. The molecule has 1 aromatic heterocycles. The Labute approximate surface area is 100 Å². The van der Waals surface area contributed by atoms with Gasteiger partial charge in [-0.25, -0.2) is 4.98 Å². The van der Waals surface area contributed by atoms with Crippen LogP contribution in [0.5, 0.6) is 0 Å². The van der Waals surface area contributed by atoms with Crippen molar-refractivity contribution in [2.24, 2.45) is 11.0 Å². The lowest BCUT2D eigenvalue weighted by molar-refractivity contribution is -0.116. The molecule has 1 aliphatic heterocycles. The van der Waals surface area contributed by atoms with Crippen LogP contribution in [-0.2, 0) is 4.79 Å². The van der Waals surface area contributed by atoms with E-state index in [1.807, 2.05) is 0 Å². The normalized spacial score (nSPS) is 15.6. The molecule has 90 valence electrons. The van der Waals surface area contributed by atoms with Crippen molar-refractivity contribution in [2.45, 2.75) is 26.7 Å². The van der Waals surface area contributed by atoms with Gasteiger partial charge in [-0.3, -0.25) is 4.79 Å². The first-order chi connectivity index (χ1) is 8.06. The van der Waals surface area contributed by atoms with E-state index in [2.05, 4.69) is 23.9 Å². The molecule has 2 rings (SSSR count). The Hall–Kier alpha value is -1.91. The van der Waals surface area contributed by atoms with Crippen LogP contribution in [0.2, 0.25) is 0 Å². The Morgan fingerprint density at radius 1 is 1.47 bits per heavy atom. The number of hydrogen-bond acceptors (Lipinski definition) is 4. The molecule has 5 heteroatoms. The van der Waals surface area contributed by atoms with Crippen LogP contribution in [0.25, 0.3) is 0 Å². The molecule has 5 nitrogen and oxygen atoms in total. The van der Waals surface area contributed by atoms with E-state index in [0.29, 0.717) is 23.8 Å². The highest BCUT2D eigenvalue weighted by Gasteiger charge is 2.26. The second-order valence-electron chi connectivity index (χ2n) is 4.60. The van der Waals surface area contributed by atoms with Gasteiger partial charge < -0.3 is 5.73 Å². The van der Waals surface area contributed by atoms with Gasteiger partial charge in [-0.15, -0.1) is 0 Å². The van der Waals surface area contributed by atoms with Crippen molar-refractivity contribution in [3.05, 3.63) is 18.3 Å². The molecule has 1 aromatic rings. The summed E-state index contributed by atoms with van der Waals surface area (Å²) in [6.07, 6.45) is 2.76. The lowest BCUT2D eigenvalue weighted by Crippen LogP contribution is -2.20. The van der Waals surface area contributed by atoms with Crippen LogP contribution in [0.1, 0.15) is 26.7 Å². The summed E-state index contributed by atoms with van der Waals surface area (Å²) in [5.41, 5.74) is 7.05. The monoisotopic (exact) mass is 232 g/mol. The fourth-order valence-corrected chi connectivity index (χ4v) is 1.77. The first-order valence-electron chi connectivity index (χ1n) is 5.67. The lowest BCUT2D eigenvalue weighted by atomic mass is 10.1. The molecule has 1 amide bonds. The molecule has 2 heterocycles. The van der Waals surface area contributed by atoms with E-state index in [-0.39, 0.29) is 5.91 Å². The number of nitrogens with two attached hydrogens (primary N) is 1. The smallest absolute Gasteiger partial charge is 0.254 e. The Morgan fingerprint density at radius 2 is 2.24 bits per heavy atom. The largest absolute Gasteiger partial charge is 0.397 e. The van der Waals surface area contributed by atoms with E-state index in [1.54, 1.807) is 12.1 Å². The van der Waals surface area contributed by atoms with E-state index >= 15 is 0 Å². The number of pyridine rings is 1. The summed E-state index contributed by atoms with van der Waals surface area (Å²) in [6, 6.07) is 3.42. The van der Waals surface area contributed by atoms with Gasteiger partial charge in [0.2, 0.25) is 0 Å². The highest BCUT2D eigenvalue weighted by Crippen LogP contribution is 2.21. The van der Waals surface area contributed by atoms with Gasteiger partial charge in [0, 0.05) is 5.71 Å². The Bertz CT molecular complexity index is 450. The van der Waals surface area contributed by atoms with E-state index in [1.165, 1.54) is 11.2 Å². The molecular formula is C12H16N4O. The molecule has 1 aliphatic rings. The summed E-state index contributed by atoms with van der Waals surface area (Å²) in [7, 11) is 0. The maximum absolute atomic E-state index is 11.8. The predicted molar refractivity (Wildman–Crippen MR) is 67.6 cm³/mol. The maximum atomic E-state index is 11.8. The quantitative estimate of drug-likeness (QED) is 0.863. The molecule has 2 N–H and O–H groups in total. The van der Waals surface area contributed by atoms with E-state index < -0.39 is 0 Å². The van der Waals surface area contributed by atoms with Crippen molar-refractivity contribution in [2.75, 3.05) is 10.7 Å². The van der Waals surface area contributed by atoms with E-state index in [4.69, 9.17) is 5.73 Å². The number of hydrazone groups is 1. The van der Waals surface area contributed by atoms with Gasteiger partial charge in [0.25, 0.3) is 5.91 Å². The minimum Gasteiger partial charge on any atom is -0.397 e. The number of nitrogens with zero attached hydrogens (tertiary/aromatic N) is 3. The number of anilines is 2. The van der Waals surface area contributed by atoms with Crippen LogP contribution in [0, 0.1) is 5.92 Å². The number of nitrogen functional groups attached to an aromatic ring is 1. The molecule has 0 radical (unpaired) electrons. The number of carbonyl (C=O) groups excluding carboxylic acids is 1. The molecule has 17 heavy (non-hydrogen) atoms. The average Bonchev–Trinajstić information content (AvgIpc) is 2.59. The first kappa shape index (κ1) is 11.6. The van der Waals surface area contributed by atoms with Gasteiger partial charge >= 0.3 is 0 Å². The minimum atomic E-state index is -0.0297. The molecule has 0 atom stereocenters. The minimum absolute atomic E-state index is 0.0297. The summed E-state index contributed by atoms with van der Waals surface area (Å²) in [5.74, 6) is 1.00. The molecule has 0 saturated carbocycles. The fraction of sp³-hybridized carbons (Fsp3) is 0.417. The first-order valence-corrected chi connectivity index (χ1v) is 5.67. The molecule has 0 aromatic carbocycles. The van der Waals surface area contributed by atoms with Crippen molar-refractivity contribution >= 4 is 23.1 Å². The maximum Gasteiger partial charge on any atom is 0.254 e. The van der Waals surface area contributed by atoms with Crippen molar-refractivity contribution in [1.29, 1.82) is 0 Å². The summed E-state index contributed by atoms with van der Waals surface area (Å²) in [6.45, 7) is 4.22. The Balaban J connectivity index is 2.18. The summed E-state index contributed by atoms with van der Waals surface area (Å²) in [4.78, 5) is 15.9. The van der Waals surface area contributed by atoms with Crippen molar-refractivity contribution < 1.29 is 4.79 Å². The number of carbonyl (C=O) groups is 1. The second kappa shape index (κ2) is 4.53. The fourth-order valence-electron chi connectivity index (χ4n) is 1.77. The van der Waals surface area contributed by atoms with Gasteiger partial charge in [-0.05, 0) is 24.5 Å². The Kier molecular flexibility index (Phi) is 3.08. The zero-order valence-electron chi connectivity index (χ0n) is 10.1. The zero-order valence-corrected chi connectivity index (χ0v) is 10.1. The standard InChI is InChI=1S/C12H16N4O/c1-8(2)5-10-6-12(17)16(15-10)11-4-3-9(13)7-14-11/h3-4,7-8H,5-6,13H2,1-2H3. The average molecular weight is 232 g/mol. The number of rotatable bonds is 3. The highest BCUT2D eigenvalue weighted by atomic mass is 16.2. The van der Waals surface area contributed by atoms with Gasteiger partial charge in [-0.2, -0.15) is 10.1 Å². The third kappa shape index (κ3) is 2.61. The summed E-state index contributed by atoms with van der Waals surface area (Å²) >= 11 is 0. The van der Waals surface area contributed by atoms with Crippen LogP contribution >= 0.6 is 0 Å². The molecule has 0 unspecified atom stereocenters.